The molecule has 0 aliphatic heterocycles. The van der Waals surface area contributed by atoms with Crippen molar-refractivity contribution in [3.8, 4) is 0 Å². The predicted octanol–water partition coefficient (Wildman–Crippen LogP) is 11.3. The normalized spacial score (nSPS) is 12.4. The van der Waals surface area contributed by atoms with Gasteiger partial charge in [-0.05, 0) is 51.4 Å². The zero-order valence-corrected chi connectivity index (χ0v) is 32.8. The molecule has 0 saturated carbocycles. The smallest absolute Gasteiger partial charge is 0.305 e. The molecule has 0 rings (SSSR count). The molecule has 294 valence electrons. The van der Waals surface area contributed by atoms with Crippen LogP contribution >= 0.6 is 0 Å². The van der Waals surface area contributed by atoms with Crippen molar-refractivity contribution in [3.05, 3.63) is 24.3 Å². The average Bonchev–Trinajstić information content (AvgIpc) is 3.12. The average molecular weight is 710 g/mol. The maximum absolute atomic E-state index is 12.6. The lowest BCUT2D eigenvalue weighted by Gasteiger charge is -2.19. The molecular weight excluding hydrogens is 630 g/mol. The van der Waals surface area contributed by atoms with Crippen molar-refractivity contribution in [2.45, 2.75) is 194 Å². The van der Waals surface area contributed by atoms with E-state index in [-0.39, 0.29) is 44.0 Å². The molecule has 1 unspecified atom stereocenters. The largest absolute Gasteiger partial charge is 0.465 e. The van der Waals surface area contributed by atoms with E-state index in [0.29, 0.717) is 26.1 Å². The topological polar surface area (TPSA) is 103 Å². The van der Waals surface area contributed by atoms with Crippen LogP contribution in [0, 0.1) is 5.92 Å². The van der Waals surface area contributed by atoms with Gasteiger partial charge in [0.15, 0.2) is 6.29 Å². The highest BCUT2D eigenvalue weighted by Gasteiger charge is 2.17. The van der Waals surface area contributed by atoms with E-state index in [4.69, 9.17) is 18.9 Å². The van der Waals surface area contributed by atoms with E-state index in [0.717, 1.165) is 57.8 Å². The Morgan fingerprint density at radius 2 is 1.00 bits per heavy atom. The van der Waals surface area contributed by atoms with Gasteiger partial charge in [0.2, 0.25) is 0 Å². The fraction of sp³-hybridized carbons (Fsp3) is 0.857. The first-order valence-corrected chi connectivity index (χ1v) is 20.8. The van der Waals surface area contributed by atoms with Crippen molar-refractivity contribution in [1.82, 2.24) is 5.48 Å². The van der Waals surface area contributed by atoms with Crippen LogP contribution in [0.1, 0.15) is 188 Å². The van der Waals surface area contributed by atoms with E-state index < -0.39 is 6.29 Å². The highest BCUT2D eigenvalue weighted by molar-refractivity contribution is 5.69. The standard InChI is InChI=1S/C42H79NO7/c1-4-7-10-13-16-17-18-19-20-21-22-23-24-25-28-31-40(44)49-37-39(36-43-46)38-50-41(45)32-33-42(47-34-29-26-14-11-8-5-2)48-35-30-27-15-12-9-6-3/h16-17,19-20,39,42-43,46H,4-15,18,21-38H2,1-3H3/b17-16-,20-19-. The van der Waals surface area contributed by atoms with Crippen molar-refractivity contribution in [3.63, 3.8) is 0 Å². The summed E-state index contributed by atoms with van der Waals surface area (Å²) in [6.45, 7) is 8.25. The molecule has 2 N–H and O–H groups in total. The first-order valence-electron chi connectivity index (χ1n) is 20.8. The van der Waals surface area contributed by atoms with Gasteiger partial charge in [-0.15, -0.1) is 0 Å². The monoisotopic (exact) mass is 710 g/mol. The Balaban J connectivity index is 4.21. The first kappa shape index (κ1) is 48.3. The van der Waals surface area contributed by atoms with E-state index >= 15 is 0 Å². The van der Waals surface area contributed by atoms with Gasteiger partial charge in [0.05, 0.1) is 19.6 Å². The zero-order valence-electron chi connectivity index (χ0n) is 32.8. The minimum Gasteiger partial charge on any atom is -0.465 e. The lowest BCUT2D eigenvalue weighted by molar-refractivity contribution is -0.161. The third-order valence-electron chi connectivity index (χ3n) is 8.86. The van der Waals surface area contributed by atoms with Crippen LogP contribution in [-0.4, -0.2) is 56.4 Å². The zero-order chi connectivity index (χ0) is 36.6. The third kappa shape index (κ3) is 36.1. The molecule has 50 heavy (non-hydrogen) atoms. The summed E-state index contributed by atoms with van der Waals surface area (Å²) in [6.07, 6.45) is 36.4. The molecule has 0 aliphatic rings. The van der Waals surface area contributed by atoms with Gasteiger partial charge in [0.1, 0.15) is 0 Å². The van der Waals surface area contributed by atoms with Crippen LogP contribution in [-0.2, 0) is 28.5 Å². The van der Waals surface area contributed by atoms with Crippen LogP contribution in [0.25, 0.3) is 0 Å². The lowest BCUT2D eigenvalue weighted by Crippen LogP contribution is -2.30. The second-order valence-corrected chi connectivity index (χ2v) is 13.8. The Kier molecular flexibility index (Phi) is 38.6. The molecule has 0 fully saturated rings. The summed E-state index contributed by atoms with van der Waals surface area (Å²) in [6, 6.07) is 0. The Hall–Kier alpha value is -1.74. The summed E-state index contributed by atoms with van der Waals surface area (Å²) >= 11 is 0. The fourth-order valence-corrected chi connectivity index (χ4v) is 5.59. The van der Waals surface area contributed by atoms with Crippen LogP contribution in [0.4, 0.5) is 0 Å². The summed E-state index contributed by atoms with van der Waals surface area (Å²) in [7, 11) is 0. The third-order valence-corrected chi connectivity index (χ3v) is 8.86. The summed E-state index contributed by atoms with van der Waals surface area (Å²) in [4.78, 5) is 24.9. The van der Waals surface area contributed by atoms with Gasteiger partial charge < -0.3 is 24.2 Å². The number of allylic oxidation sites excluding steroid dienone is 4. The van der Waals surface area contributed by atoms with E-state index in [1.807, 2.05) is 0 Å². The predicted molar refractivity (Wildman–Crippen MR) is 206 cm³/mol. The van der Waals surface area contributed by atoms with Crippen LogP contribution in [0.15, 0.2) is 24.3 Å². The van der Waals surface area contributed by atoms with Crippen LogP contribution in [0.3, 0.4) is 0 Å². The van der Waals surface area contributed by atoms with Crippen LogP contribution in [0.5, 0.6) is 0 Å². The molecule has 0 amide bonds. The number of ether oxygens (including phenoxy) is 4. The fourth-order valence-electron chi connectivity index (χ4n) is 5.59. The SMILES string of the molecule is CCCCC/C=C\C/C=C\CCCCCCCC(=O)OCC(CNO)COC(=O)CCC(OCCCCCCCC)OCCCCCCCC. The number of rotatable bonds is 39. The van der Waals surface area contributed by atoms with Crippen molar-refractivity contribution >= 4 is 11.9 Å². The molecule has 8 nitrogen and oxygen atoms in total. The molecule has 8 heteroatoms. The molecule has 0 spiro atoms. The number of esters is 2. The molecule has 0 heterocycles. The van der Waals surface area contributed by atoms with Crippen molar-refractivity contribution < 1.29 is 33.7 Å². The minimum absolute atomic E-state index is 0.0608. The van der Waals surface area contributed by atoms with Gasteiger partial charge in [-0.2, -0.15) is 0 Å². The number of hydrogen-bond donors (Lipinski definition) is 2. The second-order valence-electron chi connectivity index (χ2n) is 13.8. The Labute approximate surface area is 307 Å². The van der Waals surface area contributed by atoms with Gasteiger partial charge >= 0.3 is 11.9 Å². The molecule has 0 aromatic heterocycles. The molecule has 0 saturated heterocycles. The number of nitrogens with one attached hydrogen (secondary N) is 1. The van der Waals surface area contributed by atoms with Gasteiger partial charge in [0, 0.05) is 38.5 Å². The Morgan fingerprint density at radius 3 is 1.54 bits per heavy atom. The Bertz CT molecular complexity index is 770. The van der Waals surface area contributed by atoms with Gasteiger partial charge in [0.25, 0.3) is 0 Å². The Morgan fingerprint density at radius 1 is 0.560 bits per heavy atom. The van der Waals surface area contributed by atoms with E-state index in [1.165, 1.54) is 89.9 Å². The summed E-state index contributed by atoms with van der Waals surface area (Å²) in [5.74, 6) is -0.931. The van der Waals surface area contributed by atoms with Crippen LogP contribution in [0.2, 0.25) is 0 Å². The van der Waals surface area contributed by atoms with Gasteiger partial charge in [-0.1, -0.05) is 141 Å². The van der Waals surface area contributed by atoms with Crippen molar-refractivity contribution in [1.29, 1.82) is 0 Å². The molecule has 0 aromatic rings. The van der Waals surface area contributed by atoms with Crippen LogP contribution < -0.4 is 5.48 Å². The van der Waals surface area contributed by atoms with Gasteiger partial charge in [-0.25, -0.2) is 5.48 Å². The maximum atomic E-state index is 12.6. The number of carbonyl (C=O) groups is 2. The maximum Gasteiger partial charge on any atom is 0.305 e. The number of carbonyl (C=O) groups excluding carboxylic acids is 2. The lowest BCUT2D eigenvalue weighted by atomic mass is 10.1. The first-order chi connectivity index (χ1) is 24.6. The molecule has 0 aromatic carbocycles. The molecule has 0 bridgehead atoms. The highest BCUT2D eigenvalue weighted by Crippen LogP contribution is 2.13. The molecule has 1 atom stereocenters. The number of hydroxylamine groups is 1. The van der Waals surface area contributed by atoms with Gasteiger partial charge in [-0.3, -0.25) is 9.59 Å². The minimum atomic E-state index is -0.418. The number of hydrogen-bond acceptors (Lipinski definition) is 8. The second kappa shape index (κ2) is 40.0. The van der Waals surface area contributed by atoms with E-state index in [1.54, 1.807) is 0 Å². The summed E-state index contributed by atoms with van der Waals surface area (Å²) in [5.41, 5.74) is 2.12. The summed E-state index contributed by atoms with van der Waals surface area (Å²) < 4.78 is 23.0. The highest BCUT2D eigenvalue weighted by atomic mass is 16.7. The molecule has 0 radical (unpaired) electrons. The number of unbranched alkanes of at least 4 members (excludes halogenated alkanes) is 18. The molecule has 0 aliphatic carbocycles. The molecular formula is C42H79NO7. The summed E-state index contributed by atoms with van der Waals surface area (Å²) in [5, 5.41) is 9.25. The van der Waals surface area contributed by atoms with E-state index in [9.17, 15) is 14.8 Å². The van der Waals surface area contributed by atoms with Crippen molar-refractivity contribution in [2.24, 2.45) is 5.92 Å². The van der Waals surface area contributed by atoms with Crippen molar-refractivity contribution in [2.75, 3.05) is 33.0 Å². The quantitative estimate of drug-likeness (QED) is 0.0214. The van der Waals surface area contributed by atoms with E-state index in [2.05, 4.69) is 50.6 Å².